The molecule has 0 fully saturated rings. The highest BCUT2D eigenvalue weighted by atomic mass is 16.7. The van der Waals surface area contributed by atoms with Gasteiger partial charge in [-0.15, -0.1) is 0 Å². The van der Waals surface area contributed by atoms with E-state index < -0.39 is 5.97 Å². The number of hydrogen-bond acceptors (Lipinski definition) is 7. The minimum Gasteiger partial charge on any atom is -0.483 e. The molecule has 35 heavy (non-hydrogen) atoms. The summed E-state index contributed by atoms with van der Waals surface area (Å²) in [6.45, 7) is 7.27. The Morgan fingerprint density at radius 3 is 2.66 bits per heavy atom. The van der Waals surface area contributed by atoms with Crippen LogP contribution in [0.4, 0.5) is 0 Å². The molecule has 3 aromatic rings. The zero-order valence-electron chi connectivity index (χ0n) is 20.2. The Morgan fingerprint density at radius 2 is 1.83 bits per heavy atom. The third kappa shape index (κ3) is 4.43. The van der Waals surface area contributed by atoms with E-state index in [9.17, 15) is 9.59 Å². The maximum Gasteiger partial charge on any atom is 0.344 e. The van der Waals surface area contributed by atoms with Crippen molar-refractivity contribution >= 4 is 11.8 Å². The lowest BCUT2D eigenvalue weighted by molar-refractivity contribution is -0.144. The van der Waals surface area contributed by atoms with Crippen molar-refractivity contribution in [2.45, 2.75) is 39.7 Å². The van der Waals surface area contributed by atoms with Crippen LogP contribution in [0, 0.1) is 13.8 Å². The lowest BCUT2D eigenvalue weighted by Gasteiger charge is -2.18. The van der Waals surface area contributed by atoms with Crippen molar-refractivity contribution < 1.29 is 33.3 Å². The van der Waals surface area contributed by atoms with Crippen LogP contribution >= 0.6 is 0 Å². The first-order valence-electron chi connectivity index (χ1n) is 11.4. The van der Waals surface area contributed by atoms with E-state index in [0.29, 0.717) is 28.6 Å². The van der Waals surface area contributed by atoms with E-state index in [4.69, 9.17) is 23.7 Å². The number of Topliss-reactive ketones (excluding diaryl/α,β-unsaturated/α-hetero) is 1. The van der Waals surface area contributed by atoms with E-state index in [2.05, 4.69) is 0 Å². The second-order valence-electron chi connectivity index (χ2n) is 9.31. The Balaban J connectivity index is 1.21. The summed E-state index contributed by atoms with van der Waals surface area (Å²) < 4.78 is 29.6. The molecular formula is C27H27NO7. The fourth-order valence-electron chi connectivity index (χ4n) is 4.57. The second kappa shape index (κ2) is 8.69. The van der Waals surface area contributed by atoms with Crippen molar-refractivity contribution in [2.24, 2.45) is 0 Å². The standard InChI is InChI=1S/C27H27NO7/c1-16-10-20(17(2)28(16)19-8-9-22-24(11-19)34-15-33-22)21(29)13-32-25(30)14-31-23-7-5-6-18-12-27(3,4)35-26(18)23/h5-11H,12-15H2,1-4H3. The number of aromatic nitrogens is 1. The Kier molecular flexibility index (Phi) is 5.67. The van der Waals surface area contributed by atoms with Crippen LogP contribution in [0.25, 0.3) is 5.69 Å². The number of carbonyl (C=O) groups is 2. The molecule has 2 aliphatic heterocycles. The third-order valence-corrected chi connectivity index (χ3v) is 6.11. The van der Waals surface area contributed by atoms with Crippen molar-refractivity contribution in [3.63, 3.8) is 0 Å². The molecule has 5 rings (SSSR count). The molecule has 3 heterocycles. The Morgan fingerprint density at radius 1 is 1.03 bits per heavy atom. The van der Waals surface area contributed by atoms with Crippen LogP contribution in [-0.4, -0.2) is 41.9 Å². The zero-order valence-corrected chi connectivity index (χ0v) is 20.2. The minimum absolute atomic E-state index is 0.193. The number of ketones is 1. The number of esters is 1. The highest BCUT2D eigenvalue weighted by Gasteiger charge is 2.32. The van der Waals surface area contributed by atoms with Crippen LogP contribution in [0.2, 0.25) is 0 Å². The monoisotopic (exact) mass is 477 g/mol. The predicted molar refractivity (Wildman–Crippen MR) is 127 cm³/mol. The van der Waals surface area contributed by atoms with E-state index in [1.807, 2.05) is 62.6 Å². The summed E-state index contributed by atoms with van der Waals surface area (Å²) in [6, 6.07) is 13.0. The number of benzene rings is 2. The van der Waals surface area contributed by atoms with Gasteiger partial charge >= 0.3 is 5.97 Å². The van der Waals surface area contributed by atoms with Crippen LogP contribution in [0.3, 0.4) is 0 Å². The molecule has 0 unspecified atom stereocenters. The molecular weight excluding hydrogens is 450 g/mol. The lowest BCUT2D eigenvalue weighted by Crippen LogP contribution is -2.25. The molecule has 0 spiro atoms. The molecule has 0 saturated heterocycles. The molecule has 0 saturated carbocycles. The summed E-state index contributed by atoms with van der Waals surface area (Å²) in [6.07, 6.45) is 0.767. The van der Waals surface area contributed by atoms with Crippen molar-refractivity contribution in [3.05, 3.63) is 65.0 Å². The molecule has 0 radical (unpaired) electrons. The predicted octanol–water partition coefficient (Wildman–Crippen LogP) is 4.34. The normalized spacial score (nSPS) is 14.9. The van der Waals surface area contributed by atoms with Gasteiger partial charge in [-0.25, -0.2) is 4.79 Å². The van der Waals surface area contributed by atoms with Gasteiger partial charge in [-0.2, -0.15) is 0 Å². The summed E-state index contributed by atoms with van der Waals surface area (Å²) in [4.78, 5) is 25.2. The number of nitrogens with zero attached hydrogens (tertiary/aromatic N) is 1. The van der Waals surface area contributed by atoms with Crippen LogP contribution < -0.4 is 18.9 Å². The molecule has 2 aliphatic rings. The summed E-state index contributed by atoms with van der Waals surface area (Å²) >= 11 is 0. The van der Waals surface area contributed by atoms with E-state index in [1.54, 1.807) is 12.1 Å². The van der Waals surface area contributed by atoms with Gasteiger partial charge in [0.05, 0.1) is 0 Å². The van der Waals surface area contributed by atoms with Crippen molar-refractivity contribution in [1.82, 2.24) is 4.57 Å². The van der Waals surface area contributed by atoms with Crippen LogP contribution in [0.1, 0.15) is 41.2 Å². The fourth-order valence-corrected chi connectivity index (χ4v) is 4.57. The number of hydrogen-bond donors (Lipinski definition) is 0. The average molecular weight is 478 g/mol. The summed E-state index contributed by atoms with van der Waals surface area (Å²) in [5.41, 5.74) is 3.69. The van der Waals surface area contributed by atoms with E-state index in [0.717, 1.165) is 29.1 Å². The minimum atomic E-state index is -0.627. The maximum atomic E-state index is 12.9. The van der Waals surface area contributed by atoms with Gasteiger partial charge in [-0.05, 0) is 52.0 Å². The lowest BCUT2D eigenvalue weighted by atomic mass is 10.0. The summed E-state index contributed by atoms with van der Waals surface area (Å²) in [7, 11) is 0. The van der Waals surface area contributed by atoms with E-state index >= 15 is 0 Å². The third-order valence-electron chi connectivity index (χ3n) is 6.11. The van der Waals surface area contributed by atoms with E-state index in [-0.39, 0.29) is 31.4 Å². The molecule has 0 bridgehead atoms. The van der Waals surface area contributed by atoms with Gasteiger partial charge in [-0.1, -0.05) is 12.1 Å². The molecule has 182 valence electrons. The number of aryl methyl sites for hydroxylation is 1. The van der Waals surface area contributed by atoms with Crippen molar-refractivity contribution in [3.8, 4) is 28.7 Å². The molecule has 0 atom stereocenters. The zero-order chi connectivity index (χ0) is 24.7. The highest BCUT2D eigenvalue weighted by Crippen LogP contribution is 2.41. The van der Waals surface area contributed by atoms with Crippen molar-refractivity contribution in [2.75, 3.05) is 20.0 Å². The number of carbonyl (C=O) groups excluding carboxylic acids is 2. The molecule has 8 heteroatoms. The van der Waals surface area contributed by atoms with Crippen molar-refractivity contribution in [1.29, 1.82) is 0 Å². The number of para-hydroxylation sites is 1. The summed E-state index contributed by atoms with van der Waals surface area (Å²) in [5.74, 6) is 1.58. The number of fused-ring (bicyclic) bond motifs is 2. The molecule has 0 amide bonds. The van der Waals surface area contributed by atoms with Gasteiger partial charge < -0.3 is 28.3 Å². The SMILES string of the molecule is Cc1cc(C(=O)COC(=O)COc2cccc3c2OC(C)(C)C3)c(C)n1-c1ccc2c(c1)OCO2. The second-order valence-corrected chi connectivity index (χ2v) is 9.31. The fraction of sp³-hybridized carbons (Fsp3) is 0.333. The van der Waals surface area contributed by atoms with Crippen LogP contribution in [0.5, 0.6) is 23.0 Å². The average Bonchev–Trinajstić information content (AvgIpc) is 3.49. The van der Waals surface area contributed by atoms with E-state index in [1.165, 1.54) is 0 Å². The van der Waals surface area contributed by atoms with Crippen LogP contribution in [0.15, 0.2) is 42.5 Å². The van der Waals surface area contributed by atoms with Gasteiger partial charge in [0, 0.05) is 40.7 Å². The maximum absolute atomic E-state index is 12.9. The first kappa shape index (κ1) is 22.8. The van der Waals surface area contributed by atoms with Gasteiger partial charge in [0.1, 0.15) is 5.60 Å². The molecule has 2 aromatic carbocycles. The molecule has 0 aliphatic carbocycles. The Hall–Kier alpha value is -3.94. The van der Waals surface area contributed by atoms with Gasteiger partial charge in [0.2, 0.25) is 12.6 Å². The highest BCUT2D eigenvalue weighted by molar-refractivity contribution is 5.99. The number of rotatable bonds is 7. The quantitative estimate of drug-likeness (QED) is 0.370. The van der Waals surface area contributed by atoms with Gasteiger partial charge in [0.15, 0.2) is 36.2 Å². The Labute approximate surface area is 203 Å². The van der Waals surface area contributed by atoms with Crippen LogP contribution in [-0.2, 0) is 16.0 Å². The van der Waals surface area contributed by atoms with Gasteiger partial charge in [-0.3, -0.25) is 4.79 Å². The number of ether oxygens (including phenoxy) is 5. The molecule has 8 nitrogen and oxygen atoms in total. The summed E-state index contributed by atoms with van der Waals surface area (Å²) in [5, 5.41) is 0. The molecule has 1 aromatic heterocycles. The smallest absolute Gasteiger partial charge is 0.344 e. The topological polar surface area (TPSA) is 85.2 Å². The molecule has 0 N–H and O–H groups in total. The van der Waals surface area contributed by atoms with Gasteiger partial charge in [0.25, 0.3) is 0 Å². The largest absolute Gasteiger partial charge is 0.483 e. The first-order chi connectivity index (χ1) is 16.7. The first-order valence-corrected chi connectivity index (χ1v) is 11.4. The Bertz CT molecular complexity index is 1320.